The lowest BCUT2D eigenvalue weighted by Gasteiger charge is -2.36. The molecule has 2 aliphatic carbocycles. The molecule has 0 radical (unpaired) electrons. The number of carbonyl (C=O) groups excluding carboxylic acids is 1. The highest BCUT2D eigenvalue weighted by molar-refractivity contribution is 5.78. The summed E-state index contributed by atoms with van der Waals surface area (Å²) in [5.74, 6) is -0.133. The molecule has 0 aliphatic heterocycles. The smallest absolute Gasteiger partial charge is 0.311 e. The molecular weight excluding hydrogens is 195 g/mol. The number of alkyl halides is 1. The van der Waals surface area contributed by atoms with Crippen molar-refractivity contribution in [2.24, 2.45) is 10.8 Å². The van der Waals surface area contributed by atoms with Crippen molar-refractivity contribution in [3.8, 4) is 0 Å². The minimum atomic E-state index is -1.18. The molecule has 2 rings (SSSR count). The molecule has 2 fully saturated rings. The monoisotopic (exact) mass is 214 g/mol. The second-order valence-electron chi connectivity index (χ2n) is 5.70. The van der Waals surface area contributed by atoms with Crippen molar-refractivity contribution in [1.82, 2.24) is 0 Å². The highest BCUT2D eigenvalue weighted by Crippen LogP contribution is 2.66. The first kappa shape index (κ1) is 10.9. The standard InChI is InChI=1S/C12H19FO2/c1-10(2,13)12-6-4-11(8-12,5-7-12)9(14)15-3/h4-8H2,1-3H3. The van der Waals surface area contributed by atoms with Gasteiger partial charge in [0.2, 0.25) is 0 Å². The van der Waals surface area contributed by atoms with Gasteiger partial charge in [0.1, 0.15) is 5.67 Å². The number of ether oxygens (including phenoxy) is 1. The SMILES string of the molecule is COC(=O)C12CCC(C(C)(C)F)(CC1)C2. The van der Waals surface area contributed by atoms with Crippen LogP contribution in [0.3, 0.4) is 0 Å². The van der Waals surface area contributed by atoms with Gasteiger partial charge in [-0.05, 0) is 46.0 Å². The highest BCUT2D eigenvalue weighted by atomic mass is 19.1. The third-order valence-corrected chi connectivity index (χ3v) is 4.72. The van der Waals surface area contributed by atoms with Crippen LogP contribution >= 0.6 is 0 Å². The van der Waals surface area contributed by atoms with E-state index in [9.17, 15) is 9.18 Å². The van der Waals surface area contributed by atoms with Crippen LogP contribution in [0.1, 0.15) is 46.0 Å². The summed E-state index contributed by atoms with van der Waals surface area (Å²) < 4.78 is 19.0. The van der Waals surface area contributed by atoms with Gasteiger partial charge < -0.3 is 4.74 Å². The van der Waals surface area contributed by atoms with Crippen LogP contribution in [0, 0.1) is 10.8 Å². The third kappa shape index (κ3) is 1.31. The highest BCUT2D eigenvalue weighted by Gasteiger charge is 2.63. The van der Waals surface area contributed by atoms with Gasteiger partial charge in [-0.1, -0.05) is 0 Å². The topological polar surface area (TPSA) is 26.3 Å². The molecule has 3 heteroatoms. The van der Waals surface area contributed by atoms with Crippen LogP contribution in [-0.2, 0) is 9.53 Å². The van der Waals surface area contributed by atoms with Crippen LogP contribution in [0.15, 0.2) is 0 Å². The second-order valence-corrected chi connectivity index (χ2v) is 5.70. The fraction of sp³-hybridized carbons (Fsp3) is 0.917. The molecule has 0 aromatic rings. The maximum absolute atomic E-state index is 14.2. The van der Waals surface area contributed by atoms with E-state index in [1.807, 2.05) is 0 Å². The molecular formula is C12H19FO2. The summed E-state index contributed by atoms with van der Waals surface area (Å²) in [4.78, 5) is 11.7. The Kier molecular flexibility index (Phi) is 2.15. The van der Waals surface area contributed by atoms with E-state index >= 15 is 0 Å². The van der Waals surface area contributed by atoms with Crippen LogP contribution in [0.25, 0.3) is 0 Å². The van der Waals surface area contributed by atoms with E-state index in [0.717, 1.165) is 25.7 Å². The number of halogens is 1. The summed E-state index contributed by atoms with van der Waals surface area (Å²) in [5.41, 5.74) is -1.82. The molecule has 0 saturated heterocycles. The summed E-state index contributed by atoms with van der Waals surface area (Å²) in [6.45, 7) is 3.29. The van der Waals surface area contributed by atoms with Gasteiger partial charge in [0.25, 0.3) is 0 Å². The van der Waals surface area contributed by atoms with Crippen LogP contribution < -0.4 is 0 Å². The van der Waals surface area contributed by atoms with Crippen molar-refractivity contribution < 1.29 is 13.9 Å². The Bertz CT molecular complexity index is 282. The Balaban J connectivity index is 2.25. The number of esters is 1. The zero-order valence-corrected chi connectivity index (χ0v) is 9.73. The largest absolute Gasteiger partial charge is 0.469 e. The van der Waals surface area contributed by atoms with Gasteiger partial charge >= 0.3 is 5.97 Å². The molecule has 0 spiro atoms. The van der Waals surface area contributed by atoms with Gasteiger partial charge in [-0.2, -0.15) is 0 Å². The molecule has 0 atom stereocenters. The number of rotatable bonds is 2. The maximum Gasteiger partial charge on any atom is 0.311 e. The van der Waals surface area contributed by atoms with E-state index in [1.54, 1.807) is 13.8 Å². The average molecular weight is 214 g/mol. The van der Waals surface area contributed by atoms with Crippen molar-refractivity contribution in [2.75, 3.05) is 7.11 Å². The third-order valence-electron chi connectivity index (χ3n) is 4.72. The molecule has 2 bridgehead atoms. The molecule has 0 heterocycles. The zero-order valence-electron chi connectivity index (χ0n) is 9.73. The Hall–Kier alpha value is -0.600. The van der Waals surface area contributed by atoms with E-state index in [-0.39, 0.29) is 16.8 Å². The fourth-order valence-corrected chi connectivity index (χ4v) is 3.51. The minimum Gasteiger partial charge on any atom is -0.469 e. The van der Waals surface area contributed by atoms with E-state index in [2.05, 4.69) is 0 Å². The zero-order chi connectivity index (χ0) is 11.3. The number of fused-ring (bicyclic) bond motifs is 2. The van der Waals surface area contributed by atoms with E-state index in [0.29, 0.717) is 6.42 Å². The summed E-state index contributed by atoms with van der Waals surface area (Å²) in [5, 5.41) is 0. The number of methoxy groups -OCH3 is 1. The average Bonchev–Trinajstić information content (AvgIpc) is 2.73. The lowest BCUT2D eigenvalue weighted by atomic mass is 9.72. The van der Waals surface area contributed by atoms with E-state index in [1.165, 1.54) is 7.11 Å². The van der Waals surface area contributed by atoms with Crippen molar-refractivity contribution in [1.29, 1.82) is 0 Å². The summed E-state index contributed by atoms with van der Waals surface area (Å²) in [6, 6.07) is 0. The van der Waals surface area contributed by atoms with Crippen LogP contribution in [0.2, 0.25) is 0 Å². The number of hydrogen-bond acceptors (Lipinski definition) is 2. The van der Waals surface area contributed by atoms with Crippen molar-refractivity contribution >= 4 is 5.97 Å². The first-order valence-corrected chi connectivity index (χ1v) is 5.63. The normalized spacial score (nSPS) is 39.5. The van der Waals surface area contributed by atoms with Crippen molar-refractivity contribution in [3.05, 3.63) is 0 Å². The van der Waals surface area contributed by atoms with Gasteiger partial charge in [-0.15, -0.1) is 0 Å². The molecule has 0 aromatic carbocycles. The summed E-state index contributed by atoms with van der Waals surface area (Å²) >= 11 is 0. The minimum absolute atomic E-state index is 0.133. The lowest BCUT2D eigenvalue weighted by Crippen LogP contribution is -2.36. The van der Waals surface area contributed by atoms with Gasteiger partial charge in [0.05, 0.1) is 12.5 Å². The van der Waals surface area contributed by atoms with Crippen LogP contribution in [-0.4, -0.2) is 18.7 Å². The Labute approximate surface area is 90.2 Å². The number of hydrogen-bond donors (Lipinski definition) is 0. The Morgan fingerprint density at radius 1 is 1.27 bits per heavy atom. The van der Waals surface area contributed by atoms with E-state index < -0.39 is 5.67 Å². The van der Waals surface area contributed by atoms with Gasteiger partial charge in [0, 0.05) is 5.41 Å². The number of carbonyl (C=O) groups is 1. The van der Waals surface area contributed by atoms with Crippen LogP contribution in [0.4, 0.5) is 4.39 Å². The van der Waals surface area contributed by atoms with Gasteiger partial charge in [-0.3, -0.25) is 4.79 Å². The second kappa shape index (κ2) is 2.96. The predicted octanol–water partition coefficient (Wildman–Crippen LogP) is 2.86. The van der Waals surface area contributed by atoms with Gasteiger partial charge in [-0.25, -0.2) is 4.39 Å². The van der Waals surface area contributed by atoms with Crippen LogP contribution in [0.5, 0.6) is 0 Å². The molecule has 2 aliphatic rings. The molecule has 0 unspecified atom stereocenters. The molecule has 0 aromatic heterocycles. The van der Waals surface area contributed by atoms with E-state index in [4.69, 9.17) is 4.74 Å². The quantitative estimate of drug-likeness (QED) is 0.661. The van der Waals surface area contributed by atoms with Crippen molar-refractivity contribution in [2.45, 2.75) is 51.6 Å². The van der Waals surface area contributed by atoms with Crippen molar-refractivity contribution in [3.63, 3.8) is 0 Å². The fourth-order valence-electron chi connectivity index (χ4n) is 3.51. The Morgan fingerprint density at radius 2 is 1.80 bits per heavy atom. The maximum atomic E-state index is 14.2. The van der Waals surface area contributed by atoms with Gasteiger partial charge in [0.15, 0.2) is 0 Å². The summed E-state index contributed by atoms with van der Waals surface area (Å²) in [7, 11) is 1.43. The summed E-state index contributed by atoms with van der Waals surface area (Å²) in [6.07, 6.45) is 3.92. The Morgan fingerprint density at radius 3 is 2.13 bits per heavy atom. The lowest BCUT2D eigenvalue weighted by molar-refractivity contribution is -0.152. The first-order valence-electron chi connectivity index (χ1n) is 5.63. The molecule has 2 saturated carbocycles. The molecule has 15 heavy (non-hydrogen) atoms. The first-order chi connectivity index (χ1) is 6.85. The molecule has 2 nitrogen and oxygen atoms in total. The molecule has 0 N–H and O–H groups in total. The molecule has 86 valence electrons. The predicted molar refractivity (Wildman–Crippen MR) is 55.2 cm³/mol. The molecule has 0 amide bonds.